The van der Waals surface area contributed by atoms with E-state index in [4.69, 9.17) is 9.84 Å². The van der Waals surface area contributed by atoms with Crippen molar-refractivity contribution in [1.29, 1.82) is 0 Å². The normalized spacial score (nSPS) is 14.9. The van der Waals surface area contributed by atoms with Crippen molar-refractivity contribution >= 4 is 12.0 Å². The van der Waals surface area contributed by atoms with Gasteiger partial charge in [-0.3, -0.25) is 4.79 Å². The number of carbonyl (C=O) groups excluding carboxylic acids is 1. The van der Waals surface area contributed by atoms with E-state index in [0.717, 1.165) is 0 Å². The average molecular weight is 246 g/mol. The van der Waals surface area contributed by atoms with Crippen LogP contribution in [0.15, 0.2) is 0 Å². The van der Waals surface area contributed by atoms with Gasteiger partial charge < -0.3 is 20.5 Å². The summed E-state index contributed by atoms with van der Waals surface area (Å²) >= 11 is 0. The number of amides is 2. The van der Waals surface area contributed by atoms with E-state index >= 15 is 0 Å². The molecule has 0 aromatic rings. The molecule has 2 amide bonds. The SMILES string of the molecule is COC(C)(C)CNC(=O)NC(C)C(C)C(=O)O. The Morgan fingerprint density at radius 2 is 1.88 bits per heavy atom. The number of carbonyl (C=O) groups is 2. The number of nitrogens with one attached hydrogen (secondary N) is 2. The predicted molar refractivity (Wildman–Crippen MR) is 63.9 cm³/mol. The molecule has 2 unspecified atom stereocenters. The molecule has 6 heteroatoms. The number of ether oxygens (including phenoxy) is 1. The molecule has 0 aromatic carbocycles. The monoisotopic (exact) mass is 246 g/mol. The van der Waals surface area contributed by atoms with Gasteiger partial charge in [0.25, 0.3) is 0 Å². The second kappa shape index (κ2) is 6.44. The van der Waals surface area contributed by atoms with Gasteiger partial charge in [-0.2, -0.15) is 0 Å². The first-order chi connectivity index (χ1) is 7.69. The van der Waals surface area contributed by atoms with Crippen LogP contribution in [0.5, 0.6) is 0 Å². The van der Waals surface area contributed by atoms with Gasteiger partial charge in [0, 0.05) is 19.7 Å². The van der Waals surface area contributed by atoms with Crippen LogP contribution in [-0.4, -0.2) is 42.4 Å². The third-order valence-corrected chi connectivity index (χ3v) is 2.73. The van der Waals surface area contributed by atoms with Crippen LogP contribution in [-0.2, 0) is 9.53 Å². The Balaban J connectivity index is 4.07. The molecule has 0 radical (unpaired) electrons. The van der Waals surface area contributed by atoms with Gasteiger partial charge in [0.2, 0.25) is 0 Å². The molecule has 6 nitrogen and oxygen atoms in total. The number of urea groups is 1. The second-order valence-electron chi connectivity index (χ2n) is 4.71. The first kappa shape index (κ1) is 15.7. The molecule has 0 rings (SSSR count). The lowest BCUT2D eigenvalue weighted by Gasteiger charge is -2.24. The summed E-state index contributed by atoms with van der Waals surface area (Å²) in [7, 11) is 1.56. The summed E-state index contributed by atoms with van der Waals surface area (Å²) in [5, 5.41) is 14.0. The van der Waals surface area contributed by atoms with Crippen molar-refractivity contribution in [3.63, 3.8) is 0 Å². The highest BCUT2D eigenvalue weighted by atomic mass is 16.5. The van der Waals surface area contributed by atoms with Crippen LogP contribution in [0.4, 0.5) is 4.79 Å². The largest absolute Gasteiger partial charge is 0.481 e. The third-order valence-electron chi connectivity index (χ3n) is 2.73. The summed E-state index contributed by atoms with van der Waals surface area (Å²) in [6, 6.07) is -0.825. The van der Waals surface area contributed by atoms with Gasteiger partial charge in [0.05, 0.1) is 11.5 Å². The Morgan fingerprint density at radius 3 is 2.29 bits per heavy atom. The van der Waals surface area contributed by atoms with Crippen molar-refractivity contribution in [3.05, 3.63) is 0 Å². The molecule has 17 heavy (non-hydrogen) atoms. The highest BCUT2D eigenvalue weighted by Gasteiger charge is 2.22. The van der Waals surface area contributed by atoms with E-state index in [-0.39, 0.29) is 0 Å². The Hall–Kier alpha value is -1.30. The van der Waals surface area contributed by atoms with Gasteiger partial charge >= 0.3 is 12.0 Å². The van der Waals surface area contributed by atoms with E-state index in [2.05, 4.69) is 10.6 Å². The Morgan fingerprint density at radius 1 is 1.35 bits per heavy atom. The molecule has 0 spiro atoms. The maximum absolute atomic E-state index is 11.5. The lowest BCUT2D eigenvalue weighted by Crippen LogP contribution is -2.49. The zero-order valence-electron chi connectivity index (χ0n) is 11.0. The van der Waals surface area contributed by atoms with E-state index in [1.165, 1.54) is 0 Å². The van der Waals surface area contributed by atoms with Crippen LogP contribution in [0.2, 0.25) is 0 Å². The van der Waals surface area contributed by atoms with Gasteiger partial charge in [-0.15, -0.1) is 0 Å². The molecule has 0 aromatic heterocycles. The Bertz CT molecular complexity index is 279. The van der Waals surface area contributed by atoms with E-state index in [1.807, 2.05) is 13.8 Å². The molecule has 0 heterocycles. The summed E-state index contributed by atoms with van der Waals surface area (Å²) < 4.78 is 5.14. The molecular weight excluding hydrogens is 224 g/mol. The molecule has 0 aliphatic rings. The molecule has 0 aliphatic heterocycles. The summed E-state index contributed by atoms with van der Waals surface area (Å²) in [6.07, 6.45) is 0. The van der Waals surface area contributed by atoms with Crippen LogP contribution in [0.25, 0.3) is 0 Å². The molecule has 0 saturated heterocycles. The van der Waals surface area contributed by atoms with Crippen LogP contribution >= 0.6 is 0 Å². The van der Waals surface area contributed by atoms with E-state index < -0.39 is 29.6 Å². The fraction of sp³-hybridized carbons (Fsp3) is 0.818. The highest BCUT2D eigenvalue weighted by molar-refractivity contribution is 5.76. The van der Waals surface area contributed by atoms with Crippen LogP contribution < -0.4 is 10.6 Å². The van der Waals surface area contributed by atoms with Crippen LogP contribution in [0.3, 0.4) is 0 Å². The summed E-state index contributed by atoms with van der Waals surface area (Å²) in [5.41, 5.74) is -0.445. The van der Waals surface area contributed by atoms with Gasteiger partial charge in [-0.25, -0.2) is 4.79 Å². The minimum absolute atomic E-state index is 0.351. The van der Waals surface area contributed by atoms with Crippen molar-refractivity contribution in [1.82, 2.24) is 10.6 Å². The smallest absolute Gasteiger partial charge is 0.315 e. The number of hydrogen-bond acceptors (Lipinski definition) is 3. The minimum Gasteiger partial charge on any atom is -0.481 e. The topological polar surface area (TPSA) is 87.7 Å². The first-order valence-electron chi connectivity index (χ1n) is 5.52. The maximum atomic E-state index is 11.5. The van der Waals surface area contributed by atoms with Gasteiger partial charge in [-0.05, 0) is 27.7 Å². The van der Waals surface area contributed by atoms with Crippen LogP contribution in [0.1, 0.15) is 27.7 Å². The Kier molecular flexibility index (Phi) is 5.95. The number of hydrogen-bond donors (Lipinski definition) is 3. The van der Waals surface area contributed by atoms with Gasteiger partial charge in [-0.1, -0.05) is 0 Å². The average Bonchev–Trinajstić information content (AvgIpc) is 2.25. The number of carboxylic acids is 1. The van der Waals surface area contributed by atoms with E-state index in [9.17, 15) is 9.59 Å². The van der Waals surface area contributed by atoms with Crippen molar-refractivity contribution in [2.45, 2.75) is 39.3 Å². The van der Waals surface area contributed by atoms with Crippen LogP contribution in [0, 0.1) is 5.92 Å². The lowest BCUT2D eigenvalue weighted by atomic mass is 10.0. The summed E-state index contributed by atoms with van der Waals surface area (Å²) in [4.78, 5) is 22.2. The molecule has 0 fully saturated rings. The summed E-state index contributed by atoms with van der Waals surface area (Å²) in [5.74, 6) is -1.56. The molecule has 0 saturated carbocycles. The zero-order valence-corrected chi connectivity index (χ0v) is 11.0. The second-order valence-corrected chi connectivity index (χ2v) is 4.71. The quantitative estimate of drug-likeness (QED) is 0.647. The standard InChI is InChI=1S/C11H22N2O4/c1-7(9(14)15)8(2)13-10(16)12-6-11(3,4)17-5/h7-8H,6H2,1-5H3,(H,14,15)(H2,12,13,16). The molecule has 0 aliphatic carbocycles. The fourth-order valence-corrected chi connectivity index (χ4v) is 0.962. The zero-order chi connectivity index (χ0) is 13.6. The predicted octanol–water partition coefficient (Wildman–Crippen LogP) is 0.820. The number of methoxy groups -OCH3 is 1. The number of rotatable bonds is 6. The maximum Gasteiger partial charge on any atom is 0.315 e. The van der Waals surface area contributed by atoms with Crippen molar-refractivity contribution in [3.8, 4) is 0 Å². The molecule has 3 N–H and O–H groups in total. The summed E-state index contributed by atoms with van der Waals surface area (Å²) in [6.45, 7) is 7.24. The number of carboxylic acid groups (broad SMARTS) is 1. The minimum atomic E-state index is -0.935. The van der Waals surface area contributed by atoms with E-state index in [0.29, 0.717) is 6.54 Å². The Labute approximate surface area is 102 Å². The highest BCUT2D eigenvalue weighted by Crippen LogP contribution is 2.05. The molecular formula is C11H22N2O4. The van der Waals surface area contributed by atoms with E-state index in [1.54, 1.807) is 21.0 Å². The first-order valence-corrected chi connectivity index (χ1v) is 5.52. The lowest BCUT2D eigenvalue weighted by molar-refractivity contribution is -0.141. The van der Waals surface area contributed by atoms with Crippen molar-refractivity contribution < 1.29 is 19.4 Å². The fourth-order valence-electron chi connectivity index (χ4n) is 0.962. The van der Waals surface area contributed by atoms with Crippen molar-refractivity contribution in [2.75, 3.05) is 13.7 Å². The van der Waals surface area contributed by atoms with Gasteiger partial charge in [0.1, 0.15) is 0 Å². The molecule has 2 atom stereocenters. The van der Waals surface area contributed by atoms with Crippen molar-refractivity contribution in [2.24, 2.45) is 5.92 Å². The molecule has 0 bridgehead atoms. The molecule has 100 valence electrons. The van der Waals surface area contributed by atoms with Gasteiger partial charge in [0.15, 0.2) is 0 Å². The third kappa shape index (κ3) is 6.11. The number of aliphatic carboxylic acids is 1.